The smallest absolute Gasteiger partial charge is 0.144 e. The Morgan fingerprint density at radius 3 is 2.94 bits per heavy atom. The maximum absolute atomic E-state index is 5.99. The zero-order chi connectivity index (χ0) is 12.4. The molecule has 2 aromatic rings. The van der Waals surface area contributed by atoms with Crippen molar-refractivity contribution in [2.75, 3.05) is 5.73 Å². The number of hydrogen-bond donors (Lipinski definition) is 1. The molecule has 1 atom stereocenters. The quantitative estimate of drug-likeness (QED) is 0.841. The van der Waals surface area contributed by atoms with Crippen LogP contribution in [0.4, 0.5) is 5.69 Å². The minimum atomic E-state index is 0.194. The largest absolute Gasteiger partial charge is 0.488 e. The number of fused-ring (bicyclic) bond motifs is 1. The number of nitrogens with zero attached hydrogens (tertiary/aromatic N) is 1. The summed E-state index contributed by atoms with van der Waals surface area (Å²) >= 11 is 1.66. The highest BCUT2D eigenvalue weighted by Crippen LogP contribution is 2.32. The van der Waals surface area contributed by atoms with Crippen LogP contribution in [-0.4, -0.2) is 11.1 Å². The van der Waals surface area contributed by atoms with E-state index in [1.54, 1.807) is 11.3 Å². The van der Waals surface area contributed by atoms with E-state index < -0.39 is 0 Å². The normalized spacial score (nSPS) is 12.9. The van der Waals surface area contributed by atoms with Crippen LogP contribution in [0.1, 0.15) is 31.7 Å². The monoisotopic (exact) mass is 250 g/mol. The fourth-order valence-electron chi connectivity index (χ4n) is 1.87. The molecule has 0 amide bonds. The van der Waals surface area contributed by atoms with Gasteiger partial charge in [0.2, 0.25) is 0 Å². The van der Waals surface area contributed by atoms with E-state index in [1.807, 2.05) is 19.1 Å². The van der Waals surface area contributed by atoms with Gasteiger partial charge in [0.15, 0.2) is 0 Å². The molecule has 0 spiro atoms. The second-order valence-electron chi connectivity index (χ2n) is 4.31. The first-order valence-corrected chi connectivity index (χ1v) is 6.75. The Balaban J connectivity index is 2.30. The number of aryl methyl sites for hydroxylation is 1. The average Bonchev–Trinajstić information content (AvgIpc) is 2.58. The van der Waals surface area contributed by atoms with Crippen molar-refractivity contribution in [3.05, 3.63) is 17.1 Å². The van der Waals surface area contributed by atoms with Crippen LogP contribution >= 0.6 is 11.3 Å². The number of ether oxygens (including phenoxy) is 1. The molecule has 0 radical (unpaired) electrons. The molecule has 1 aromatic carbocycles. The summed E-state index contributed by atoms with van der Waals surface area (Å²) in [6.07, 6.45) is 2.34. The summed E-state index contributed by atoms with van der Waals surface area (Å²) in [5.74, 6) is 0.753. The summed E-state index contributed by atoms with van der Waals surface area (Å²) in [6.45, 7) is 6.22. The summed E-state index contributed by atoms with van der Waals surface area (Å²) in [7, 11) is 0. The van der Waals surface area contributed by atoms with Crippen molar-refractivity contribution in [2.45, 2.75) is 39.7 Å². The number of hydrogen-bond acceptors (Lipinski definition) is 4. The highest BCUT2D eigenvalue weighted by atomic mass is 32.1. The van der Waals surface area contributed by atoms with Crippen molar-refractivity contribution < 1.29 is 4.74 Å². The van der Waals surface area contributed by atoms with Gasteiger partial charge in [-0.2, -0.15) is 0 Å². The molecule has 0 aliphatic heterocycles. The molecule has 0 bridgehead atoms. The molecule has 1 heterocycles. The van der Waals surface area contributed by atoms with Crippen LogP contribution in [0.5, 0.6) is 5.75 Å². The average molecular weight is 250 g/mol. The van der Waals surface area contributed by atoms with E-state index in [2.05, 4.69) is 18.8 Å². The minimum Gasteiger partial charge on any atom is -0.488 e. The molecular formula is C13H18N2OS. The first-order chi connectivity index (χ1) is 8.10. The SMILES string of the molecule is CCCC(C)Oc1cc2nc(C)sc2cc1N. The first kappa shape index (κ1) is 12.2. The number of anilines is 1. The Morgan fingerprint density at radius 2 is 2.24 bits per heavy atom. The topological polar surface area (TPSA) is 48.1 Å². The van der Waals surface area contributed by atoms with Gasteiger partial charge in [0.1, 0.15) is 5.75 Å². The molecule has 0 fully saturated rings. The molecule has 1 unspecified atom stereocenters. The zero-order valence-corrected chi connectivity index (χ0v) is 11.3. The van der Waals surface area contributed by atoms with Gasteiger partial charge >= 0.3 is 0 Å². The number of rotatable bonds is 4. The molecule has 1 aromatic heterocycles. The molecule has 4 heteroatoms. The third-order valence-corrected chi connectivity index (χ3v) is 3.58. The van der Waals surface area contributed by atoms with Gasteiger partial charge in [0.05, 0.1) is 27.0 Å². The molecule has 17 heavy (non-hydrogen) atoms. The molecule has 3 nitrogen and oxygen atoms in total. The van der Waals surface area contributed by atoms with Crippen LogP contribution in [-0.2, 0) is 0 Å². The highest BCUT2D eigenvalue weighted by Gasteiger charge is 2.10. The van der Waals surface area contributed by atoms with Crippen molar-refractivity contribution in [1.29, 1.82) is 0 Å². The Bertz CT molecular complexity index is 521. The second kappa shape index (κ2) is 4.92. The Hall–Kier alpha value is -1.29. The predicted molar refractivity (Wildman–Crippen MR) is 73.8 cm³/mol. The van der Waals surface area contributed by atoms with E-state index in [0.717, 1.165) is 33.8 Å². The number of nitrogens with two attached hydrogens (primary N) is 1. The van der Waals surface area contributed by atoms with Crippen molar-refractivity contribution in [3.8, 4) is 5.75 Å². The molecule has 0 aliphatic carbocycles. The first-order valence-electron chi connectivity index (χ1n) is 5.93. The van der Waals surface area contributed by atoms with Crippen LogP contribution in [0.15, 0.2) is 12.1 Å². The van der Waals surface area contributed by atoms with E-state index in [0.29, 0.717) is 5.69 Å². The lowest BCUT2D eigenvalue weighted by Gasteiger charge is -2.15. The number of benzene rings is 1. The third kappa shape index (κ3) is 2.69. The van der Waals surface area contributed by atoms with Gasteiger partial charge in [0, 0.05) is 6.07 Å². The lowest BCUT2D eigenvalue weighted by molar-refractivity contribution is 0.211. The number of thiazole rings is 1. The predicted octanol–water partition coefficient (Wildman–Crippen LogP) is 3.75. The fourth-order valence-corrected chi connectivity index (χ4v) is 2.73. The number of aromatic nitrogens is 1. The van der Waals surface area contributed by atoms with Gasteiger partial charge in [-0.3, -0.25) is 0 Å². The standard InChI is InChI=1S/C13H18N2OS/c1-4-5-8(2)16-12-7-11-13(6-10(12)14)17-9(3)15-11/h6-8H,4-5,14H2,1-3H3. The Kier molecular flexibility index (Phi) is 3.52. The summed E-state index contributed by atoms with van der Waals surface area (Å²) in [4.78, 5) is 4.45. The van der Waals surface area contributed by atoms with Crippen LogP contribution in [0.3, 0.4) is 0 Å². The van der Waals surface area contributed by atoms with Crippen molar-refractivity contribution in [1.82, 2.24) is 4.98 Å². The lowest BCUT2D eigenvalue weighted by atomic mass is 10.2. The summed E-state index contributed by atoms with van der Waals surface area (Å²) in [5.41, 5.74) is 7.67. The zero-order valence-electron chi connectivity index (χ0n) is 10.5. The van der Waals surface area contributed by atoms with Gasteiger partial charge in [-0.25, -0.2) is 4.98 Å². The summed E-state index contributed by atoms with van der Waals surface area (Å²) in [5, 5.41) is 1.05. The van der Waals surface area contributed by atoms with E-state index in [-0.39, 0.29) is 6.10 Å². The Labute approximate surface area is 106 Å². The fraction of sp³-hybridized carbons (Fsp3) is 0.462. The van der Waals surface area contributed by atoms with Gasteiger partial charge < -0.3 is 10.5 Å². The molecule has 0 aliphatic rings. The third-order valence-electron chi connectivity index (χ3n) is 2.65. The van der Waals surface area contributed by atoms with Gasteiger partial charge in [-0.15, -0.1) is 11.3 Å². The molecule has 2 rings (SSSR count). The van der Waals surface area contributed by atoms with Crippen LogP contribution in [0.2, 0.25) is 0 Å². The van der Waals surface area contributed by atoms with Crippen LogP contribution in [0, 0.1) is 6.92 Å². The van der Waals surface area contributed by atoms with Crippen molar-refractivity contribution in [3.63, 3.8) is 0 Å². The summed E-state index contributed by atoms with van der Waals surface area (Å²) < 4.78 is 6.96. The van der Waals surface area contributed by atoms with E-state index in [4.69, 9.17) is 10.5 Å². The lowest BCUT2D eigenvalue weighted by Crippen LogP contribution is -2.12. The van der Waals surface area contributed by atoms with Crippen molar-refractivity contribution >= 4 is 27.2 Å². The van der Waals surface area contributed by atoms with Gasteiger partial charge in [-0.05, 0) is 26.3 Å². The van der Waals surface area contributed by atoms with Crippen LogP contribution in [0.25, 0.3) is 10.2 Å². The van der Waals surface area contributed by atoms with Gasteiger partial charge in [0.25, 0.3) is 0 Å². The van der Waals surface area contributed by atoms with E-state index in [1.165, 1.54) is 0 Å². The van der Waals surface area contributed by atoms with E-state index >= 15 is 0 Å². The maximum atomic E-state index is 5.99. The molecule has 92 valence electrons. The molecule has 0 saturated carbocycles. The highest BCUT2D eigenvalue weighted by molar-refractivity contribution is 7.18. The minimum absolute atomic E-state index is 0.194. The number of nitrogen functional groups attached to an aromatic ring is 1. The Morgan fingerprint density at radius 1 is 1.47 bits per heavy atom. The van der Waals surface area contributed by atoms with E-state index in [9.17, 15) is 0 Å². The summed E-state index contributed by atoms with van der Waals surface area (Å²) in [6, 6.07) is 3.90. The molecule has 0 saturated heterocycles. The van der Waals surface area contributed by atoms with Gasteiger partial charge in [-0.1, -0.05) is 13.3 Å². The molecular weight excluding hydrogens is 232 g/mol. The maximum Gasteiger partial charge on any atom is 0.144 e. The second-order valence-corrected chi connectivity index (χ2v) is 5.54. The van der Waals surface area contributed by atoms with Crippen molar-refractivity contribution in [2.24, 2.45) is 0 Å². The van der Waals surface area contributed by atoms with Crippen LogP contribution < -0.4 is 10.5 Å². The molecule has 2 N–H and O–H groups in total.